The van der Waals surface area contributed by atoms with Crippen molar-refractivity contribution in [2.24, 2.45) is 9.98 Å². The highest BCUT2D eigenvalue weighted by Crippen LogP contribution is 2.34. The van der Waals surface area contributed by atoms with E-state index in [9.17, 15) is 27.2 Å². The molecule has 14 heteroatoms. The van der Waals surface area contributed by atoms with Gasteiger partial charge in [-0.2, -0.15) is 4.99 Å². The lowest BCUT2D eigenvalue weighted by molar-refractivity contribution is -0.274. The van der Waals surface area contributed by atoms with E-state index in [0.29, 0.717) is 34.0 Å². The summed E-state index contributed by atoms with van der Waals surface area (Å²) >= 11 is 1.12. The molecule has 0 spiro atoms. The van der Waals surface area contributed by atoms with Crippen molar-refractivity contribution in [3.05, 3.63) is 90.0 Å². The molecule has 0 radical (unpaired) electrons. The summed E-state index contributed by atoms with van der Waals surface area (Å²) in [5, 5.41) is 4.61. The highest BCUT2D eigenvalue weighted by molar-refractivity contribution is 8.15. The number of amides is 3. The molecule has 2 heterocycles. The Bertz CT molecular complexity index is 1820. The molecule has 1 aromatic heterocycles. The van der Waals surface area contributed by atoms with Gasteiger partial charge in [-0.05, 0) is 66.4 Å². The highest BCUT2D eigenvalue weighted by atomic mass is 32.2. The summed E-state index contributed by atoms with van der Waals surface area (Å²) in [4.78, 5) is 39.5. The number of aromatic nitrogens is 3. The number of ether oxygens (including phenoxy) is 1. The van der Waals surface area contributed by atoms with Crippen molar-refractivity contribution in [1.82, 2.24) is 14.8 Å². The van der Waals surface area contributed by atoms with Gasteiger partial charge in [0.2, 0.25) is 5.91 Å². The van der Waals surface area contributed by atoms with Crippen molar-refractivity contribution in [2.45, 2.75) is 45.9 Å². The topological polar surface area (TPSA) is 102 Å². The molecule has 9 nitrogen and oxygen atoms in total. The van der Waals surface area contributed by atoms with Crippen LogP contribution in [0.5, 0.6) is 5.75 Å². The van der Waals surface area contributed by atoms with E-state index in [1.165, 1.54) is 58.4 Å². The zero-order chi connectivity index (χ0) is 33.2. The lowest BCUT2D eigenvalue weighted by Gasteiger charge is -2.21. The SMILES string of the molecule is CC(=NC(=O)N=C1SCC(=O)N1c1ccc(F)cc1C(C)C)C(C)c1ccc(-c2ncn(-c3ccc(OC(F)(F)F)cc3)n2)cc1. The first-order valence-electron chi connectivity index (χ1n) is 14.1. The molecule has 238 valence electrons. The molecule has 1 unspecified atom stereocenters. The van der Waals surface area contributed by atoms with E-state index in [1.807, 2.05) is 45.0 Å². The van der Waals surface area contributed by atoms with Gasteiger partial charge in [0.25, 0.3) is 0 Å². The Kier molecular flexibility index (Phi) is 9.37. The van der Waals surface area contributed by atoms with Crippen LogP contribution in [0.1, 0.15) is 50.7 Å². The van der Waals surface area contributed by atoms with Crippen molar-refractivity contribution in [2.75, 3.05) is 10.7 Å². The maximum absolute atomic E-state index is 13.9. The molecule has 1 fully saturated rings. The summed E-state index contributed by atoms with van der Waals surface area (Å²) in [5.41, 5.74) is 3.69. The lowest BCUT2D eigenvalue weighted by atomic mass is 9.96. The molecule has 0 N–H and O–H groups in total. The second-order valence-electron chi connectivity index (χ2n) is 10.7. The number of hydrogen-bond acceptors (Lipinski definition) is 6. The molecule has 1 aliphatic rings. The fourth-order valence-corrected chi connectivity index (χ4v) is 5.56. The zero-order valence-corrected chi connectivity index (χ0v) is 25.9. The van der Waals surface area contributed by atoms with Crippen molar-refractivity contribution in [3.63, 3.8) is 0 Å². The first kappa shape index (κ1) is 32.5. The van der Waals surface area contributed by atoms with Crippen molar-refractivity contribution < 1.29 is 31.9 Å². The first-order chi connectivity index (χ1) is 21.8. The minimum atomic E-state index is -4.78. The molecular formula is C32H28F4N6O3S. The van der Waals surface area contributed by atoms with Crippen LogP contribution in [0, 0.1) is 5.82 Å². The van der Waals surface area contributed by atoms with Crippen LogP contribution in [0.3, 0.4) is 0 Å². The van der Waals surface area contributed by atoms with Gasteiger partial charge >= 0.3 is 12.4 Å². The third-order valence-electron chi connectivity index (χ3n) is 7.20. The van der Waals surface area contributed by atoms with Crippen LogP contribution in [-0.2, 0) is 4.79 Å². The summed E-state index contributed by atoms with van der Waals surface area (Å²) in [6, 6.07) is 16.0. The van der Waals surface area contributed by atoms with Crippen LogP contribution in [0.25, 0.3) is 17.1 Å². The van der Waals surface area contributed by atoms with Gasteiger partial charge in [-0.25, -0.2) is 23.8 Å². The predicted molar refractivity (Wildman–Crippen MR) is 168 cm³/mol. The Balaban J connectivity index is 1.28. The summed E-state index contributed by atoms with van der Waals surface area (Å²) in [5.74, 6) is -0.825. The number of carbonyl (C=O) groups excluding carboxylic acids is 2. The number of thioether (sulfide) groups is 1. The smallest absolute Gasteiger partial charge is 0.406 e. The van der Waals surface area contributed by atoms with E-state index in [1.54, 1.807) is 6.92 Å². The van der Waals surface area contributed by atoms with Gasteiger partial charge in [0.15, 0.2) is 11.0 Å². The number of benzene rings is 3. The number of carbonyl (C=O) groups is 2. The molecule has 46 heavy (non-hydrogen) atoms. The van der Waals surface area contributed by atoms with Crippen LogP contribution in [-0.4, -0.2) is 49.7 Å². The maximum atomic E-state index is 13.9. The summed E-state index contributed by atoms with van der Waals surface area (Å²) in [6.07, 6.45) is -3.32. The van der Waals surface area contributed by atoms with E-state index < -0.39 is 18.2 Å². The van der Waals surface area contributed by atoms with Crippen molar-refractivity contribution in [3.8, 4) is 22.8 Å². The van der Waals surface area contributed by atoms with Crippen LogP contribution in [0.15, 0.2) is 83.0 Å². The van der Waals surface area contributed by atoms with Gasteiger partial charge in [-0.1, -0.05) is 56.8 Å². The molecule has 4 aromatic rings. The Hall–Kier alpha value is -4.85. The van der Waals surface area contributed by atoms with E-state index in [-0.39, 0.29) is 34.4 Å². The number of anilines is 1. The number of urea groups is 1. The molecule has 5 rings (SSSR count). The average molecular weight is 653 g/mol. The minimum Gasteiger partial charge on any atom is -0.406 e. The van der Waals surface area contributed by atoms with Crippen molar-refractivity contribution in [1.29, 1.82) is 0 Å². The molecule has 0 bridgehead atoms. The van der Waals surface area contributed by atoms with Gasteiger partial charge in [0, 0.05) is 17.2 Å². The average Bonchev–Trinajstić information content (AvgIpc) is 3.63. The molecule has 1 saturated heterocycles. The largest absolute Gasteiger partial charge is 0.573 e. The Labute approximate surface area is 266 Å². The number of alkyl halides is 3. The highest BCUT2D eigenvalue weighted by Gasteiger charge is 2.33. The quantitative estimate of drug-likeness (QED) is 0.149. The Morgan fingerprint density at radius 3 is 2.37 bits per heavy atom. The first-order valence-corrected chi connectivity index (χ1v) is 15.1. The third kappa shape index (κ3) is 7.50. The van der Waals surface area contributed by atoms with Gasteiger partial charge in [0.05, 0.1) is 17.1 Å². The van der Waals surface area contributed by atoms with E-state index in [2.05, 4.69) is 24.8 Å². The number of aliphatic imine (C=N–C) groups is 2. The molecule has 3 aromatic carbocycles. The van der Waals surface area contributed by atoms with Gasteiger partial charge < -0.3 is 4.74 Å². The van der Waals surface area contributed by atoms with E-state index in [4.69, 9.17) is 0 Å². The van der Waals surface area contributed by atoms with Crippen molar-refractivity contribution >= 4 is 40.3 Å². The Morgan fingerprint density at radius 1 is 1.02 bits per heavy atom. The predicted octanol–water partition coefficient (Wildman–Crippen LogP) is 7.92. The summed E-state index contributed by atoms with van der Waals surface area (Å²) in [6.45, 7) is 7.39. The van der Waals surface area contributed by atoms with Crippen LogP contribution in [0.4, 0.5) is 28.0 Å². The van der Waals surface area contributed by atoms with Crippen LogP contribution < -0.4 is 9.64 Å². The molecule has 1 atom stereocenters. The maximum Gasteiger partial charge on any atom is 0.573 e. The van der Waals surface area contributed by atoms with Gasteiger partial charge in [-0.15, -0.1) is 18.3 Å². The number of rotatable bonds is 7. The van der Waals surface area contributed by atoms with Gasteiger partial charge in [0.1, 0.15) is 17.9 Å². The lowest BCUT2D eigenvalue weighted by Crippen LogP contribution is -2.31. The van der Waals surface area contributed by atoms with Crippen LogP contribution >= 0.6 is 11.8 Å². The second-order valence-corrected chi connectivity index (χ2v) is 11.6. The molecule has 3 amide bonds. The fraction of sp³-hybridized carbons (Fsp3) is 0.250. The molecule has 1 aliphatic heterocycles. The normalized spacial score (nSPS) is 15.6. The zero-order valence-electron chi connectivity index (χ0n) is 25.1. The second kappa shape index (κ2) is 13.3. The summed E-state index contributed by atoms with van der Waals surface area (Å²) < 4.78 is 56.6. The van der Waals surface area contributed by atoms with Gasteiger partial charge in [-0.3, -0.25) is 9.69 Å². The standard InChI is InChI=1S/C32H28F4N6O3S/c1-18(2)26-15-23(33)9-14-27(26)42-28(43)16-46-31(42)39-30(44)38-20(4)19(3)21-5-7-22(8-6-21)29-37-17-41(40-29)24-10-12-25(13-11-24)45-32(34,35)36/h5-15,17-19H,16H2,1-4H3. The number of nitrogens with zero attached hydrogens (tertiary/aromatic N) is 6. The monoisotopic (exact) mass is 652 g/mol. The Morgan fingerprint density at radius 2 is 1.72 bits per heavy atom. The van der Waals surface area contributed by atoms with E-state index in [0.717, 1.165) is 17.3 Å². The molecular weight excluding hydrogens is 624 g/mol. The summed E-state index contributed by atoms with van der Waals surface area (Å²) in [7, 11) is 0. The van der Waals surface area contributed by atoms with E-state index >= 15 is 0 Å². The van der Waals surface area contributed by atoms with Crippen LogP contribution in [0.2, 0.25) is 0 Å². The minimum absolute atomic E-state index is 0.0671. The number of amidine groups is 1. The fourth-order valence-electron chi connectivity index (χ4n) is 4.71. The molecule has 0 aliphatic carbocycles. The number of halogens is 4. The number of hydrogen-bond donors (Lipinski definition) is 0. The molecule has 0 saturated carbocycles. The third-order valence-corrected chi connectivity index (χ3v) is 8.13.